The van der Waals surface area contributed by atoms with E-state index in [9.17, 15) is 4.79 Å². The number of ether oxygens (including phenoxy) is 2. The third-order valence-corrected chi connectivity index (χ3v) is 5.19. The third-order valence-electron chi connectivity index (χ3n) is 5.19. The molecule has 140 valence electrons. The second-order valence-corrected chi connectivity index (χ2v) is 6.92. The number of fused-ring (bicyclic) bond motifs is 2. The Kier molecular flexibility index (Phi) is 4.15. The van der Waals surface area contributed by atoms with Gasteiger partial charge in [-0.15, -0.1) is 0 Å². The lowest BCUT2D eigenvalue weighted by atomic mass is 10.1. The average molecular weight is 374 g/mol. The Labute approximate surface area is 161 Å². The van der Waals surface area contributed by atoms with Crippen LogP contribution in [0.25, 0.3) is 10.9 Å². The molecule has 0 bridgehead atoms. The molecule has 1 aromatic carbocycles. The van der Waals surface area contributed by atoms with Crippen molar-refractivity contribution >= 4 is 10.9 Å². The smallest absolute Gasteiger partial charge is 0.261 e. The molecule has 0 N–H and O–H groups in total. The molecular weight excluding hydrogens is 356 g/mol. The maximum absolute atomic E-state index is 13.0. The minimum atomic E-state index is -0.570. The Bertz CT molecular complexity index is 1160. The first-order chi connectivity index (χ1) is 13.7. The van der Waals surface area contributed by atoms with Crippen molar-refractivity contribution in [3.05, 3.63) is 64.2 Å². The molecule has 5 rings (SSSR count). The summed E-state index contributed by atoms with van der Waals surface area (Å²) in [5.41, 5.74) is 2.01. The summed E-state index contributed by atoms with van der Waals surface area (Å²) in [4.78, 5) is 25.9. The molecule has 0 radical (unpaired) electrons. The first-order valence-corrected chi connectivity index (χ1v) is 9.32. The Morgan fingerprint density at radius 2 is 2.00 bits per heavy atom. The lowest BCUT2D eigenvalue weighted by Crippen LogP contribution is -2.31. The second-order valence-electron chi connectivity index (χ2n) is 6.92. The van der Waals surface area contributed by atoms with Crippen LogP contribution in [0, 0.1) is 11.8 Å². The van der Waals surface area contributed by atoms with Crippen LogP contribution in [0.3, 0.4) is 0 Å². The van der Waals surface area contributed by atoms with Gasteiger partial charge in [0.15, 0.2) is 5.79 Å². The maximum atomic E-state index is 13.0. The number of hydrogen-bond donors (Lipinski definition) is 0. The van der Waals surface area contributed by atoms with Gasteiger partial charge in [0, 0.05) is 43.8 Å². The summed E-state index contributed by atoms with van der Waals surface area (Å²) in [7, 11) is 0. The highest BCUT2D eigenvalue weighted by Crippen LogP contribution is 2.31. The second kappa shape index (κ2) is 6.82. The van der Waals surface area contributed by atoms with E-state index < -0.39 is 5.79 Å². The van der Waals surface area contributed by atoms with E-state index in [-0.39, 0.29) is 5.56 Å². The monoisotopic (exact) mass is 374 g/mol. The number of nitrogens with zero attached hydrogens (tertiary/aromatic N) is 4. The molecule has 0 saturated carbocycles. The van der Waals surface area contributed by atoms with E-state index in [4.69, 9.17) is 14.5 Å². The zero-order valence-electron chi connectivity index (χ0n) is 15.2. The summed E-state index contributed by atoms with van der Waals surface area (Å²) >= 11 is 0. The Morgan fingerprint density at radius 3 is 2.82 bits per heavy atom. The molecule has 0 amide bonds. The van der Waals surface area contributed by atoms with Gasteiger partial charge in [0.25, 0.3) is 5.56 Å². The van der Waals surface area contributed by atoms with E-state index in [2.05, 4.69) is 21.8 Å². The first-order valence-electron chi connectivity index (χ1n) is 9.32. The Morgan fingerprint density at radius 1 is 1.11 bits per heavy atom. The minimum absolute atomic E-state index is 0.0246. The van der Waals surface area contributed by atoms with Gasteiger partial charge in [-0.2, -0.15) is 0 Å². The number of rotatable bonds is 0. The number of aromatic nitrogens is 4. The molecule has 3 aromatic rings. The molecule has 4 heterocycles. The fourth-order valence-corrected chi connectivity index (χ4v) is 3.76. The van der Waals surface area contributed by atoms with Crippen molar-refractivity contribution in [1.82, 2.24) is 19.5 Å². The molecule has 0 atom stereocenters. The normalized spacial score (nSPS) is 17.7. The minimum Gasteiger partial charge on any atom is -0.347 e. The van der Waals surface area contributed by atoms with E-state index in [0.717, 1.165) is 11.4 Å². The Hall–Kier alpha value is -3.08. The van der Waals surface area contributed by atoms with Crippen LogP contribution < -0.4 is 5.56 Å². The molecule has 2 aromatic heterocycles. The zero-order valence-corrected chi connectivity index (χ0v) is 15.2. The van der Waals surface area contributed by atoms with Crippen molar-refractivity contribution in [2.45, 2.75) is 31.6 Å². The van der Waals surface area contributed by atoms with Crippen LogP contribution >= 0.6 is 0 Å². The topological polar surface area (TPSA) is 79.1 Å². The quantitative estimate of drug-likeness (QED) is 0.557. The van der Waals surface area contributed by atoms with Gasteiger partial charge >= 0.3 is 0 Å². The van der Waals surface area contributed by atoms with Crippen molar-refractivity contribution in [2.24, 2.45) is 0 Å². The molecule has 2 aliphatic rings. The summed E-state index contributed by atoms with van der Waals surface area (Å²) in [5.74, 6) is 6.24. The summed E-state index contributed by atoms with van der Waals surface area (Å²) in [6.45, 7) is 1.76. The van der Waals surface area contributed by atoms with Crippen molar-refractivity contribution in [2.75, 3.05) is 13.2 Å². The van der Waals surface area contributed by atoms with Crippen molar-refractivity contribution in [3.63, 3.8) is 0 Å². The van der Waals surface area contributed by atoms with Crippen LogP contribution in [0.2, 0.25) is 0 Å². The van der Waals surface area contributed by atoms with E-state index >= 15 is 0 Å². The van der Waals surface area contributed by atoms with E-state index in [1.165, 1.54) is 0 Å². The van der Waals surface area contributed by atoms with Crippen LogP contribution in [0.15, 0.2) is 41.6 Å². The van der Waals surface area contributed by atoms with Crippen LogP contribution in [0.4, 0.5) is 0 Å². The molecular formula is C21H18N4O3. The fraction of sp³-hybridized carbons (Fsp3) is 0.333. The lowest BCUT2D eigenvalue weighted by molar-refractivity contribution is -0.165. The largest absolute Gasteiger partial charge is 0.347 e. The number of benzene rings is 1. The number of hydrogen-bond acceptors (Lipinski definition) is 6. The van der Waals surface area contributed by atoms with E-state index in [1.54, 1.807) is 29.2 Å². The molecule has 0 unspecified atom stereocenters. The highest BCUT2D eigenvalue weighted by molar-refractivity contribution is 5.79. The Balaban J connectivity index is 1.52. The molecule has 7 nitrogen and oxygen atoms in total. The summed E-state index contributed by atoms with van der Waals surface area (Å²) in [5, 5.41) is 0.595. The van der Waals surface area contributed by atoms with Gasteiger partial charge in [-0.05, 0) is 24.1 Å². The van der Waals surface area contributed by atoms with Gasteiger partial charge in [-0.3, -0.25) is 14.3 Å². The van der Waals surface area contributed by atoms with E-state index in [0.29, 0.717) is 55.6 Å². The summed E-state index contributed by atoms with van der Waals surface area (Å²) < 4.78 is 13.4. The van der Waals surface area contributed by atoms with Crippen LogP contribution in [-0.2, 0) is 22.4 Å². The summed E-state index contributed by atoms with van der Waals surface area (Å²) in [6.07, 6.45) is 6.83. The van der Waals surface area contributed by atoms with Gasteiger partial charge in [0.1, 0.15) is 11.5 Å². The van der Waals surface area contributed by atoms with Crippen LogP contribution in [-0.4, -0.2) is 38.5 Å². The van der Waals surface area contributed by atoms with Gasteiger partial charge in [-0.25, -0.2) is 9.97 Å². The molecule has 1 fully saturated rings. The third kappa shape index (κ3) is 3.07. The summed E-state index contributed by atoms with van der Waals surface area (Å²) in [6, 6.07) is 5.48. The van der Waals surface area contributed by atoms with Crippen molar-refractivity contribution in [1.29, 1.82) is 0 Å². The predicted molar refractivity (Wildman–Crippen MR) is 102 cm³/mol. The highest BCUT2D eigenvalue weighted by atomic mass is 16.7. The van der Waals surface area contributed by atoms with Crippen LogP contribution in [0.5, 0.6) is 0 Å². The molecule has 0 aliphatic carbocycles. The van der Waals surface area contributed by atoms with Crippen molar-refractivity contribution < 1.29 is 9.47 Å². The first kappa shape index (κ1) is 17.0. The lowest BCUT2D eigenvalue weighted by Gasteiger charge is -2.24. The van der Waals surface area contributed by atoms with E-state index in [1.807, 2.05) is 12.1 Å². The zero-order chi connectivity index (χ0) is 19.0. The molecule has 1 spiro atoms. The predicted octanol–water partition coefficient (Wildman–Crippen LogP) is 1.67. The molecule has 1 saturated heterocycles. The number of aryl methyl sites for hydroxylation is 1. The average Bonchev–Trinajstić information content (AvgIpc) is 3.11. The molecule has 28 heavy (non-hydrogen) atoms. The highest BCUT2D eigenvalue weighted by Gasteiger charge is 2.38. The fourth-order valence-electron chi connectivity index (χ4n) is 3.76. The standard InChI is InChI=1S/C21H18N4O3/c26-20-17-4-2-15(1-3-16-14-22-8-9-23-16)13-18(17)24-19-5-6-21(7-10-25(19)20)27-11-12-28-21/h2,4,8-9,13-14H,5-7,10-12H2. The SMILES string of the molecule is O=c1c2ccc(C#Cc3cnccn3)cc2nc2n1CCC1(CC2)OCCO1. The maximum Gasteiger partial charge on any atom is 0.261 e. The van der Waals surface area contributed by atoms with Gasteiger partial charge in [0.2, 0.25) is 0 Å². The van der Waals surface area contributed by atoms with Gasteiger partial charge in [-0.1, -0.05) is 5.92 Å². The molecule has 7 heteroatoms. The van der Waals surface area contributed by atoms with Crippen molar-refractivity contribution in [3.8, 4) is 11.8 Å². The van der Waals surface area contributed by atoms with Gasteiger partial charge < -0.3 is 9.47 Å². The molecule has 2 aliphatic heterocycles. The van der Waals surface area contributed by atoms with Gasteiger partial charge in [0.05, 0.1) is 30.3 Å². The van der Waals surface area contributed by atoms with Crippen LogP contribution in [0.1, 0.15) is 29.9 Å².